The van der Waals surface area contributed by atoms with Crippen molar-refractivity contribution in [2.45, 2.75) is 66.5 Å². The van der Waals surface area contributed by atoms with Gasteiger partial charge in [-0.25, -0.2) is 14.5 Å². The molecule has 0 fully saturated rings. The number of para-hydroxylation sites is 1. The van der Waals surface area contributed by atoms with Crippen molar-refractivity contribution in [1.82, 2.24) is 14.8 Å². The van der Waals surface area contributed by atoms with Gasteiger partial charge in [-0.2, -0.15) is 5.10 Å². The van der Waals surface area contributed by atoms with Crippen LogP contribution in [-0.4, -0.2) is 32.7 Å². The van der Waals surface area contributed by atoms with Gasteiger partial charge in [0.05, 0.1) is 17.1 Å². The number of ether oxygens (including phenoxy) is 1. The highest BCUT2D eigenvalue weighted by Crippen LogP contribution is 2.25. The van der Waals surface area contributed by atoms with Gasteiger partial charge in [0, 0.05) is 17.4 Å². The number of hydrogen-bond acceptors (Lipinski definition) is 5. The average molecular weight is 423 g/mol. The second-order valence-electron chi connectivity index (χ2n) is 8.47. The molecule has 7 nitrogen and oxygen atoms in total. The molecule has 0 aliphatic carbocycles. The highest BCUT2D eigenvalue weighted by Gasteiger charge is 2.24. The predicted molar refractivity (Wildman–Crippen MR) is 121 cm³/mol. The van der Waals surface area contributed by atoms with Crippen LogP contribution in [0.1, 0.15) is 73.8 Å². The molecule has 0 aliphatic rings. The van der Waals surface area contributed by atoms with Crippen LogP contribution in [0.3, 0.4) is 0 Å². The molecule has 0 aliphatic heterocycles. The number of benzene rings is 1. The van der Waals surface area contributed by atoms with E-state index in [4.69, 9.17) is 9.72 Å². The number of anilines is 1. The van der Waals surface area contributed by atoms with Gasteiger partial charge in [0.2, 0.25) is 0 Å². The number of rotatable bonds is 6. The van der Waals surface area contributed by atoms with Gasteiger partial charge in [0.1, 0.15) is 0 Å². The molecule has 3 aromatic rings. The first kappa shape index (κ1) is 22.5. The number of fused-ring (bicyclic) bond motifs is 1. The molecule has 0 bridgehead atoms. The summed E-state index contributed by atoms with van der Waals surface area (Å²) in [6.07, 6.45) is 0.669. The Bertz CT molecular complexity index is 1110. The maximum Gasteiger partial charge on any atom is 0.339 e. The second-order valence-corrected chi connectivity index (χ2v) is 8.47. The minimum absolute atomic E-state index is 0.0957. The van der Waals surface area contributed by atoms with Crippen molar-refractivity contribution in [3.05, 3.63) is 52.8 Å². The Morgan fingerprint density at radius 2 is 1.71 bits per heavy atom. The predicted octanol–water partition coefficient (Wildman–Crippen LogP) is 4.94. The Balaban J connectivity index is 1.88. The summed E-state index contributed by atoms with van der Waals surface area (Å²) in [5.41, 5.74) is 4.42. The average Bonchev–Trinajstić information content (AvgIpc) is 3.14. The molecule has 0 saturated heterocycles. The minimum atomic E-state index is -0.961. The van der Waals surface area contributed by atoms with Crippen LogP contribution in [0.15, 0.2) is 30.5 Å². The molecule has 31 heavy (non-hydrogen) atoms. The van der Waals surface area contributed by atoms with Gasteiger partial charge in [0.25, 0.3) is 5.91 Å². The van der Waals surface area contributed by atoms with Gasteiger partial charge in [-0.15, -0.1) is 0 Å². The van der Waals surface area contributed by atoms with E-state index in [1.54, 1.807) is 23.9 Å². The van der Waals surface area contributed by atoms with Crippen LogP contribution in [0.25, 0.3) is 11.0 Å². The molecule has 1 N–H and O–H groups in total. The standard InChI is InChI=1S/C24H30N4O3/c1-13(2)20-11-18(19-12-25-28(14(3)4)22(19)26-20)24(30)31-17(7)23(29)27-21-15(5)9-8-10-16(21)6/h8-14,17H,1-7H3,(H,27,29)/t17-/m0/s1. The highest BCUT2D eigenvalue weighted by atomic mass is 16.5. The van der Waals surface area contributed by atoms with E-state index < -0.39 is 12.1 Å². The topological polar surface area (TPSA) is 86.1 Å². The molecular weight excluding hydrogens is 392 g/mol. The maximum absolute atomic E-state index is 13.0. The fourth-order valence-electron chi connectivity index (χ4n) is 3.39. The van der Waals surface area contributed by atoms with Gasteiger partial charge in [-0.3, -0.25) is 4.79 Å². The van der Waals surface area contributed by atoms with Crippen LogP contribution < -0.4 is 5.32 Å². The summed E-state index contributed by atoms with van der Waals surface area (Å²) in [7, 11) is 0. The zero-order chi connectivity index (χ0) is 22.9. The summed E-state index contributed by atoms with van der Waals surface area (Å²) in [6.45, 7) is 13.5. The first-order valence-electron chi connectivity index (χ1n) is 10.6. The lowest BCUT2D eigenvalue weighted by Crippen LogP contribution is -2.30. The smallest absolute Gasteiger partial charge is 0.339 e. The van der Waals surface area contributed by atoms with E-state index in [2.05, 4.69) is 10.4 Å². The lowest BCUT2D eigenvalue weighted by Gasteiger charge is -2.17. The van der Waals surface area contributed by atoms with Gasteiger partial charge in [-0.1, -0.05) is 32.0 Å². The minimum Gasteiger partial charge on any atom is -0.449 e. The van der Waals surface area contributed by atoms with Crippen molar-refractivity contribution < 1.29 is 14.3 Å². The van der Waals surface area contributed by atoms with E-state index >= 15 is 0 Å². The van der Waals surface area contributed by atoms with E-state index in [1.165, 1.54) is 0 Å². The van der Waals surface area contributed by atoms with Crippen LogP contribution in [0.4, 0.5) is 5.69 Å². The number of hydrogen-bond donors (Lipinski definition) is 1. The number of aromatic nitrogens is 3. The summed E-state index contributed by atoms with van der Waals surface area (Å²) in [4.78, 5) is 30.4. The molecule has 1 aromatic carbocycles. The fourth-order valence-corrected chi connectivity index (χ4v) is 3.39. The maximum atomic E-state index is 13.0. The number of aryl methyl sites for hydroxylation is 2. The fraction of sp³-hybridized carbons (Fsp3) is 0.417. The van der Waals surface area contributed by atoms with Crippen LogP contribution in [-0.2, 0) is 9.53 Å². The van der Waals surface area contributed by atoms with E-state index in [9.17, 15) is 9.59 Å². The highest BCUT2D eigenvalue weighted by molar-refractivity contribution is 6.04. The van der Waals surface area contributed by atoms with Crippen LogP contribution in [0.2, 0.25) is 0 Å². The van der Waals surface area contributed by atoms with Crippen LogP contribution >= 0.6 is 0 Å². The first-order chi connectivity index (χ1) is 14.6. The van der Waals surface area contributed by atoms with E-state index in [0.717, 1.165) is 22.5 Å². The third kappa shape index (κ3) is 4.60. The lowest BCUT2D eigenvalue weighted by molar-refractivity contribution is -0.123. The Morgan fingerprint density at radius 3 is 2.29 bits per heavy atom. The molecule has 2 aromatic heterocycles. The molecule has 7 heteroatoms. The molecule has 1 atom stereocenters. The molecule has 164 valence electrons. The zero-order valence-corrected chi connectivity index (χ0v) is 19.2. The largest absolute Gasteiger partial charge is 0.449 e. The number of carbonyl (C=O) groups is 2. The Hall–Kier alpha value is -3.22. The SMILES string of the molecule is Cc1cccc(C)c1NC(=O)[C@H](C)OC(=O)c1cc(C(C)C)nc2c1cnn2C(C)C. The van der Waals surface area contributed by atoms with Crippen molar-refractivity contribution >= 4 is 28.6 Å². The molecule has 0 saturated carbocycles. The third-order valence-corrected chi connectivity index (χ3v) is 5.27. The van der Waals surface area contributed by atoms with Gasteiger partial charge >= 0.3 is 5.97 Å². The lowest BCUT2D eigenvalue weighted by atomic mass is 10.1. The number of nitrogens with zero attached hydrogens (tertiary/aromatic N) is 3. The van der Waals surface area contributed by atoms with Crippen molar-refractivity contribution in [2.24, 2.45) is 0 Å². The Labute approximate surface area is 182 Å². The number of amides is 1. The van der Waals surface area contributed by atoms with Gasteiger partial charge in [-0.05, 0) is 57.7 Å². The summed E-state index contributed by atoms with van der Waals surface area (Å²) in [5, 5.41) is 7.89. The second kappa shape index (κ2) is 8.88. The monoisotopic (exact) mass is 422 g/mol. The van der Waals surface area contributed by atoms with Crippen LogP contribution in [0, 0.1) is 13.8 Å². The molecule has 3 rings (SSSR count). The van der Waals surface area contributed by atoms with Gasteiger partial charge < -0.3 is 10.1 Å². The summed E-state index contributed by atoms with van der Waals surface area (Å²) in [6, 6.07) is 7.61. The van der Waals surface area contributed by atoms with Crippen LogP contribution in [0.5, 0.6) is 0 Å². The van der Waals surface area contributed by atoms with Gasteiger partial charge in [0.15, 0.2) is 11.8 Å². The number of carbonyl (C=O) groups excluding carboxylic acids is 2. The number of nitrogens with one attached hydrogen (secondary N) is 1. The van der Waals surface area contributed by atoms with Crippen molar-refractivity contribution in [3.8, 4) is 0 Å². The normalized spacial score (nSPS) is 12.4. The number of esters is 1. The van der Waals surface area contributed by atoms with E-state index in [-0.39, 0.29) is 17.9 Å². The Morgan fingerprint density at radius 1 is 1.06 bits per heavy atom. The summed E-state index contributed by atoms with van der Waals surface area (Å²) >= 11 is 0. The summed E-state index contributed by atoms with van der Waals surface area (Å²) < 4.78 is 7.33. The van der Waals surface area contributed by atoms with E-state index in [0.29, 0.717) is 16.6 Å². The molecular formula is C24H30N4O3. The zero-order valence-electron chi connectivity index (χ0n) is 19.2. The number of pyridine rings is 1. The first-order valence-corrected chi connectivity index (χ1v) is 10.6. The van der Waals surface area contributed by atoms with E-state index in [1.807, 2.05) is 59.7 Å². The van der Waals surface area contributed by atoms with Crippen molar-refractivity contribution in [3.63, 3.8) is 0 Å². The molecule has 2 heterocycles. The van der Waals surface area contributed by atoms with Crippen molar-refractivity contribution in [1.29, 1.82) is 0 Å². The third-order valence-electron chi connectivity index (χ3n) is 5.27. The molecule has 0 spiro atoms. The molecule has 1 amide bonds. The Kier molecular flexibility index (Phi) is 6.43. The van der Waals surface area contributed by atoms with Crippen molar-refractivity contribution in [2.75, 3.05) is 5.32 Å². The molecule has 0 radical (unpaired) electrons. The summed E-state index contributed by atoms with van der Waals surface area (Å²) in [5.74, 6) is -0.823. The molecule has 0 unspecified atom stereocenters. The quantitative estimate of drug-likeness (QED) is 0.569.